The van der Waals surface area contributed by atoms with Crippen molar-refractivity contribution >= 4 is 23.9 Å². The third-order valence-corrected chi connectivity index (χ3v) is 0. The van der Waals surface area contributed by atoms with E-state index in [1.807, 2.05) is 0 Å². The quantitative estimate of drug-likeness (QED) is 0.383. The predicted molar refractivity (Wildman–Crippen MR) is 28.3 cm³/mol. The normalized spacial score (nSPS) is 1.60. The van der Waals surface area contributed by atoms with E-state index in [1.165, 1.54) is 0 Å². The Bertz CT molecular complexity index is 5.61. The van der Waals surface area contributed by atoms with Crippen molar-refractivity contribution in [2.24, 2.45) is 0 Å². The van der Waals surface area contributed by atoms with Crippen molar-refractivity contribution in [2.75, 3.05) is 0 Å². The molecule has 0 aliphatic rings. The van der Waals surface area contributed by atoms with Crippen molar-refractivity contribution in [3.63, 3.8) is 0 Å². The average Bonchev–Trinajstić information content (AvgIpc) is 1.50. The van der Waals surface area contributed by atoms with Gasteiger partial charge in [-0.25, -0.2) is 0 Å². The molecule has 0 heterocycles. The molecule has 0 bridgehead atoms. The Hall–Kier alpha value is 0.279. The molecule has 0 amide bonds. The largest absolute Gasteiger partial charge is 0.106 e. The fraction of sp³-hybridized carbons (Fsp3) is 0. The van der Waals surface area contributed by atoms with Gasteiger partial charge in [0.1, 0.15) is 0 Å². The van der Waals surface area contributed by atoms with Crippen molar-refractivity contribution in [3.05, 3.63) is 26.3 Å². The van der Waals surface area contributed by atoms with Crippen molar-refractivity contribution < 1.29 is 0 Å². The second kappa shape index (κ2) is 592. The van der Waals surface area contributed by atoms with Crippen LogP contribution in [0.3, 0.4) is 0 Å². The Labute approximate surface area is 50.5 Å². The number of rotatable bonds is 0. The Morgan fingerprint density at radius 2 is 0.600 bits per heavy atom. The molecule has 0 aromatic carbocycles. The van der Waals surface area contributed by atoms with Gasteiger partial charge in [-0.1, -0.05) is 0 Å². The summed E-state index contributed by atoms with van der Waals surface area (Å²) < 4.78 is 0. The van der Waals surface area contributed by atoms with Gasteiger partial charge in [0.25, 0.3) is 0 Å². The van der Waals surface area contributed by atoms with Crippen LogP contribution in [0.4, 0.5) is 0 Å². The van der Waals surface area contributed by atoms with Gasteiger partial charge in [-0.2, -0.15) is 0 Å². The van der Waals surface area contributed by atoms with Gasteiger partial charge in [0.15, 0.2) is 0 Å². The molecule has 28 valence electrons. The molecule has 0 saturated carbocycles. The first kappa shape index (κ1) is 18.6. The molecular weight excluding hydrogens is 167 g/mol. The van der Waals surface area contributed by atoms with E-state index in [1.54, 1.807) is 0 Å². The van der Waals surface area contributed by atoms with Gasteiger partial charge >= 0.3 is 0 Å². The fourth-order valence-electron chi connectivity index (χ4n) is 0. The van der Waals surface area contributed by atoms with E-state index in [2.05, 4.69) is 26.3 Å². The minimum Gasteiger partial charge on any atom is -0.106 e. The molecule has 0 saturated heterocycles. The average molecular weight is 175 g/mol. The molecule has 0 aromatic heterocycles. The molecule has 5 heavy (non-hydrogen) atoms. The summed E-state index contributed by atoms with van der Waals surface area (Å²) in [5.41, 5.74) is 0. The van der Waals surface area contributed by atoms with Crippen LogP contribution in [0.15, 0.2) is 26.3 Å². The van der Waals surface area contributed by atoms with Crippen LogP contribution >= 0.6 is 0 Å². The number of hydrogen-bond donors (Lipinski definition) is 0. The summed E-state index contributed by atoms with van der Waals surface area (Å²) in [4.78, 5) is 0. The van der Waals surface area contributed by atoms with E-state index in [0.29, 0.717) is 0 Å². The minimum atomic E-state index is 0. The summed E-state index contributed by atoms with van der Waals surface area (Å²) in [6.45, 7) is 12.0. The molecule has 0 aromatic rings. The van der Waals surface area contributed by atoms with Crippen molar-refractivity contribution in [1.82, 2.24) is 0 Å². The molecule has 1 heteroatoms. The summed E-state index contributed by atoms with van der Waals surface area (Å²) in [7, 11) is 0. The zero-order chi connectivity index (χ0) is 4.00. The van der Waals surface area contributed by atoms with Crippen LogP contribution in [0, 0.1) is 0 Å². The van der Waals surface area contributed by atoms with Crippen LogP contribution in [-0.4, -0.2) is 23.9 Å². The van der Waals surface area contributed by atoms with Crippen molar-refractivity contribution in [3.8, 4) is 0 Å². The van der Waals surface area contributed by atoms with Gasteiger partial charge in [0.2, 0.25) is 0 Å². The minimum absolute atomic E-state index is 0. The second-order valence-corrected chi connectivity index (χ2v) is 0. The molecular formula is C4H8Sn. The maximum Gasteiger partial charge on any atom is 0 e. The van der Waals surface area contributed by atoms with Gasteiger partial charge in [-0.3, -0.25) is 0 Å². The van der Waals surface area contributed by atoms with Crippen LogP contribution in [0.1, 0.15) is 0 Å². The van der Waals surface area contributed by atoms with E-state index in [-0.39, 0.29) is 23.9 Å². The predicted octanol–water partition coefficient (Wildman–Crippen LogP) is 1.22. The Kier molecular flexibility index (Phi) is 2200. The van der Waals surface area contributed by atoms with E-state index < -0.39 is 0 Å². The van der Waals surface area contributed by atoms with Crippen LogP contribution in [0.5, 0.6) is 0 Å². The SMILES string of the molecule is C=C.C=C.[Sn]. The summed E-state index contributed by atoms with van der Waals surface area (Å²) in [6.07, 6.45) is 0. The number of hydrogen-bond acceptors (Lipinski definition) is 0. The van der Waals surface area contributed by atoms with Gasteiger partial charge in [0, 0.05) is 23.9 Å². The maximum absolute atomic E-state index is 3.00. The zero-order valence-electron chi connectivity index (χ0n) is 3.33. The Balaban J connectivity index is -0.0000000133. The first-order chi connectivity index (χ1) is 2.00. The molecule has 0 spiro atoms. The van der Waals surface area contributed by atoms with Gasteiger partial charge in [-0.05, 0) is 0 Å². The first-order valence-electron chi connectivity index (χ1n) is 1.000. The van der Waals surface area contributed by atoms with Gasteiger partial charge in [0.05, 0.1) is 0 Å². The summed E-state index contributed by atoms with van der Waals surface area (Å²) >= 11 is 0. The topological polar surface area (TPSA) is 0 Å². The third kappa shape index (κ3) is 286. The van der Waals surface area contributed by atoms with Crippen LogP contribution in [0.2, 0.25) is 0 Å². The molecule has 0 N–H and O–H groups in total. The zero-order valence-corrected chi connectivity index (χ0v) is 6.18. The van der Waals surface area contributed by atoms with Gasteiger partial charge < -0.3 is 0 Å². The molecule has 0 rings (SSSR count). The molecule has 4 radical (unpaired) electrons. The van der Waals surface area contributed by atoms with E-state index in [0.717, 1.165) is 0 Å². The summed E-state index contributed by atoms with van der Waals surface area (Å²) in [6, 6.07) is 0. The van der Waals surface area contributed by atoms with Crippen LogP contribution in [0.25, 0.3) is 0 Å². The molecule has 0 unspecified atom stereocenters. The van der Waals surface area contributed by atoms with E-state index in [4.69, 9.17) is 0 Å². The molecule has 0 nitrogen and oxygen atoms in total. The first-order valence-corrected chi connectivity index (χ1v) is 1.000. The third-order valence-electron chi connectivity index (χ3n) is 0. The monoisotopic (exact) mass is 176 g/mol. The van der Waals surface area contributed by atoms with Crippen LogP contribution in [-0.2, 0) is 0 Å². The summed E-state index contributed by atoms with van der Waals surface area (Å²) in [5, 5.41) is 0. The second-order valence-electron chi connectivity index (χ2n) is 0. The van der Waals surface area contributed by atoms with Gasteiger partial charge in [-0.15, -0.1) is 26.3 Å². The Morgan fingerprint density at radius 3 is 0.600 bits per heavy atom. The van der Waals surface area contributed by atoms with E-state index >= 15 is 0 Å². The summed E-state index contributed by atoms with van der Waals surface area (Å²) in [5.74, 6) is 0. The smallest absolute Gasteiger partial charge is 0 e. The fourth-order valence-corrected chi connectivity index (χ4v) is 0. The Morgan fingerprint density at radius 1 is 0.600 bits per heavy atom. The molecule has 0 fully saturated rings. The van der Waals surface area contributed by atoms with E-state index in [9.17, 15) is 0 Å². The molecule has 0 atom stereocenters. The maximum atomic E-state index is 3.00. The standard InChI is InChI=1S/2C2H4.Sn/c2*1-2;/h2*1-2H2;. The molecule has 0 aliphatic carbocycles. The molecule has 0 aliphatic heterocycles. The van der Waals surface area contributed by atoms with Crippen molar-refractivity contribution in [1.29, 1.82) is 0 Å². The van der Waals surface area contributed by atoms with Crippen molar-refractivity contribution in [2.45, 2.75) is 0 Å². The van der Waals surface area contributed by atoms with Crippen LogP contribution < -0.4 is 0 Å².